The highest BCUT2D eigenvalue weighted by molar-refractivity contribution is 5.83. The van der Waals surface area contributed by atoms with E-state index in [1.54, 1.807) is 0 Å². The minimum atomic E-state index is -0.345. The predicted molar refractivity (Wildman–Crippen MR) is 120 cm³/mol. The molecule has 0 aliphatic rings. The highest BCUT2D eigenvalue weighted by atomic mass is 16.5. The van der Waals surface area contributed by atoms with Gasteiger partial charge in [-0.3, -0.25) is 4.79 Å². The normalized spacial score (nSPS) is 13.9. The molecule has 0 aliphatic carbocycles. The molecular formula is C24H30N4O3. The minimum Gasteiger partial charge on any atom is -0.493 e. The molecule has 0 saturated heterocycles. The number of nitrogen functional groups attached to an aromatic ring is 1. The van der Waals surface area contributed by atoms with Gasteiger partial charge in [0.15, 0.2) is 0 Å². The lowest BCUT2D eigenvalue weighted by molar-refractivity contribution is -0.123. The predicted octanol–water partition coefficient (Wildman–Crippen LogP) is 4.28. The summed E-state index contributed by atoms with van der Waals surface area (Å²) in [5.41, 5.74) is 7.43. The number of ether oxygens (including phenoxy) is 1. The number of hydrogen-bond acceptors (Lipinski definition) is 6. The molecule has 3 atom stereocenters. The molecule has 0 spiro atoms. The molecule has 0 aliphatic heterocycles. The van der Waals surface area contributed by atoms with Gasteiger partial charge >= 0.3 is 6.01 Å². The topological polar surface area (TPSA) is 103 Å². The Bertz CT molecular complexity index is 956. The van der Waals surface area contributed by atoms with Gasteiger partial charge in [0.25, 0.3) is 0 Å². The largest absolute Gasteiger partial charge is 0.493 e. The molecule has 1 aromatic heterocycles. The van der Waals surface area contributed by atoms with Crippen LogP contribution in [-0.2, 0) is 11.2 Å². The number of nitrogens with two attached hydrogens (primary N) is 1. The molecule has 0 saturated carbocycles. The summed E-state index contributed by atoms with van der Waals surface area (Å²) in [7, 11) is 0. The van der Waals surface area contributed by atoms with Crippen LogP contribution >= 0.6 is 0 Å². The average Bonchev–Trinajstić information content (AvgIpc) is 3.21. The van der Waals surface area contributed by atoms with Crippen LogP contribution in [0.3, 0.4) is 0 Å². The second-order valence-corrected chi connectivity index (χ2v) is 7.83. The quantitative estimate of drug-likeness (QED) is 0.505. The van der Waals surface area contributed by atoms with Gasteiger partial charge in [-0.2, -0.15) is 0 Å². The fourth-order valence-electron chi connectivity index (χ4n) is 3.12. The highest BCUT2D eigenvalue weighted by Gasteiger charge is 2.22. The summed E-state index contributed by atoms with van der Waals surface area (Å²) in [6, 6.07) is 17.1. The second kappa shape index (κ2) is 10.6. The average molecular weight is 423 g/mol. The van der Waals surface area contributed by atoms with E-state index < -0.39 is 0 Å². The van der Waals surface area contributed by atoms with Gasteiger partial charge in [0.05, 0.1) is 25.0 Å². The van der Waals surface area contributed by atoms with Gasteiger partial charge in [-0.15, -0.1) is 5.10 Å². The van der Waals surface area contributed by atoms with E-state index in [9.17, 15) is 4.79 Å². The summed E-state index contributed by atoms with van der Waals surface area (Å²) >= 11 is 0. The molecule has 3 rings (SSSR count). The van der Waals surface area contributed by atoms with Gasteiger partial charge < -0.3 is 20.2 Å². The zero-order valence-electron chi connectivity index (χ0n) is 18.2. The number of carbonyl (C=O) groups is 1. The Kier molecular flexibility index (Phi) is 7.65. The number of nitrogens with one attached hydrogen (secondary N) is 1. The van der Waals surface area contributed by atoms with Crippen molar-refractivity contribution in [1.29, 1.82) is 0 Å². The molecular weight excluding hydrogens is 392 g/mol. The molecule has 31 heavy (non-hydrogen) atoms. The van der Waals surface area contributed by atoms with E-state index in [-0.39, 0.29) is 23.9 Å². The molecule has 7 nitrogen and oxygen atoms in total. The maximum absolute atomic E-state index is 13.0. The van der Waals surface area contributed by atoms with Crippen LogP contribution in [0.1, 0.15) is 56.2 Å². The number of amides is 1. The SMILES string of the molecule is CC[C@H](C)COc1ccc([C@H](Cc2nnc(N)o2)NC(=O)[C@@H](C)c2ccccc2)cc1. The Hall–Kier alpha value is -3.35. The van der Waals surface area contributed by atoms with Gasteiger partial charge in [-0.05, 0) is 36.1 Å². The Morgan fingerprint density at radius 3 is 2.39 bits per heavy atom. The molecule has 1 heterocycles. The summed E-state index contributed by atoms with van der Waals surface area (Å²) in [4.78, 5) is 13.0. The van der Waals surface area contributed by atoms with E-state index in [0.29, 0.717) is 24.8 Å². The Morgan fingerprint density at radius 1 is 1.06 bits per heavy atom. The molecule has 3 aromatic rings. The Balaban J connectivity index is 1.75. The molecule has 0 unspecified atom stereocenters. The number of benzene rings is 2. The van der Waals surface area contributed by atoms with Crippen LogP contribution in [0, 0.1) is 5.92 Å². The first kappa shape index (κ1) is 22.3. The fourth-order valence-corrected chi connectivity index (χ4v) is 3.12. The lowest BCUT2D eigenvalue weighted by Gasteiger charge is -2.21. The zero-order valence-corrected chi connectivity index (χ0v) is 18.2. The second-order valence-electron chi connectivity index (χ2n) is 7.83. The van der Waals surface area contributed by atoms with Crippen LogP contribution in [0.25, 0.3) is 0 Å². The summed E-state index contributed by atoms with van der Waals surface area (Å²) in [6.07, 6.45) is 1.41. The molecule has 0 fully saturated rings. The first-order valence-electron chi connectivity index (χ1n) is 10.6. The molecule has 1 amide bonds. The smallest absolute Gasteiger partial charge is 0.312 e. The van der Waals surface area contributed by atoms with Crippen LogP contribution in [0.15, 0.2) is 59.0 Å². The van der Waals surface area contributed by atoms with Crippen LogP contribution in [0.5, 0.6) is 5.75 Å². The third kappa shape index (κ3) is 6.31. The minimum absolute atomic E-state index is 0.00604. The van der Waals surface area contributed by atoms with Crippen molar-refractivity contribution in [3.8, 4) is 5.75 Å². The third-order valence-electron chi connectivity index (χ3n) is 5.38. The fraction of sp³-hybridized carbons (Fsp3) is 0.375. The summed E-state index contributed by atoms with van der Waals surface area (Å²) in [5.74, 6) is 1.28. The monoisotopic (exact) mass is 422 g/mol. The lowest BCUT2D eigenvalue weighted by atomic mass is 9.98. The Labute approximate surface area is 183 Å². The van der Waals surface area contributed by atoms with Gasteiger partial charge in [0.2, 0.25) is 11.8 Å². The molecule has 2 aromatic carbocycles. The molecule has 164 valence electrons. The lowest BCUT2D eigenvalue weighted by Crippen LogP contribution is -2.33. The maximum Gasteiger partial charge on any atom is 0.312 e. The van der Waals surface area contributed by atoms with Gasteiger partial charge in [-0.25, -0.2) is 0 Å². The maximum atomic E-state index is 13.0. The number of rotatable bonds is 10. The van der Waals surface area contributed by atoms with Crippen molar-refractivity contribution in [2.24, 2.45) is 5.92 Å². The zero-order chi connectivity index (χ0) is 22.2. The number of hydrogen-bond donors (Lipinski definition) is 2. The highest BCUT2D eigenvalue weighted by Crippen LogP contribution is 2.24. The van der Waals surface area contributed by atoms with Crippen LogP contribution < -0.4 is 15.8 Å². The molecule has 0 radical (unpaired) electrons. The Morgan fingerprint density at radius 2 is 1.77 bits per heavy atom. The third-order valence-corrected chi connectivity index (χ3v) is 5.38. The van der Waals surface area contributed by atoms with Crippen molar-refractivity contribution in [2.75, 3.05) is 12.3 Å². The van der Waals surface area contributed by atoms with Gasteiger partial charge in [-0.1, -0.05) is 67.8 Å². The molecule has 0 bridgehead atoms. The summed E-state index contributed by atoms with van der Waals surface area (Å²) in [6.45, 7) is 6.86. The number of aromatic nitrogens is 2. The first-order chi connectivity index (χ1) is 15.0. The number of carbonyl (C=O) groups excluding carboxylic acids is 1. The van der Waals surface area contributed by atoms with Crippen molar-refractivity contribution in [3.05, 3.63) is 71.6 Å². The van der Waals surface area contributed by atoms with E-state index in [1.807, 2.05) is 61.5 Å². The van der Waals surface area contributed by atoms with Crippen molar-refractivity contribution in [1.82, 2.24) is 15.5 Å². The summed E-state index contributed by atoms with van der Waals surface area (Å²) < 4.78 is 11.2. The van der Waals surface area contributed by atoms with Crippen LogP contribution in [0.4, 0.5) is 6.01 Å². The van der Waals surface area contributed by atoms with Crippen molar-refractivity contribution in [3.63, 3.8) is 0 Å². The standard InChI is InChI=1S/C24H30N4O3/c1-4-16(2)15-30-20-12-10-19(11-13-20)21(14-22-27-28-24(25)31-22)26-23(29)17(3)18-8-6-5-7-9-18/h5-13,16-17,21H,4,14-15H2,1-3H3,(H2,25,28)(H,26,29)/t16-,17-,21-/m0/s1. The van der Waals surface area contributed by atoms with Crippen molar-refractivity contribution >= 4 is 11.9 Å². The van der Waals surface area contributed by atoms with E-state index in [0.717, 1.165) is 23.3 Å². The van der Waals surface area contributed by atoms with Gasteiger partial charge in [0.1, 0.15) is 5.75 Å². The van der Waals surface area contributed by atoms with E-state index in [2.05, 4.69) is 29.4 Å². The van der Waals surface area contributed by atoms with E-state index in [1.165, 1.54) is 0 Å². The van der Waals surface area contributed by atoms with Crippen molar-refractivity contribution in [2.45, 2.75) is 45.6 Å². The van der Waals surface area contributed by atoms with E-state index in [4.69, 9.17) is 14.9 Å². The number of anilines is 1. The van der Waals surface area contributed by atoms with Crippen LogP contribution in [-0.4, -0.2) is 22.7 Å². The van der Waals surface area contributed by atoms with Crippen LogP contribution in [0.2, 0.25) is 0 Å². The van der Waals surface area contributed by atoms with Crippen molar-refractivity contribution < 1.29 is 13.9 Å². The van der Waals surface area contributed by atoms with E-state index >= 15 is 0 Å². The number of nitrogens with zero attached hydrogens (tertiary/aromatic N) is 2. The summed E-state index contributed by atoms with van der Waals surface area (Å²) in [5, 5.41) is 10.8. The first-order valence-corrected chi connectivity index (χ1v) is 10.6. The molecule has 3 N–H and O–H groups in total. The molecule has 7 heteroatoms. The van der Waals surface area contributed by atoms with Gasteiger partial charge in [0, 0.05) is 0 Å².